The first-order chi connectivity index (χ1) is 21.9. The maximum atomic E-state index is 8.36. The number of aromatic nitrogens is 3. The van der Waals surface area contributed by atoms with Gasteiger partial charge in [-0.15, -0.1) is 0 Å². The Hall–Kier alpha value is -3.90. The van der Waals surface area contributed by atoms with E-state index in [9.17, 15) is 0 Å². The quantitative estimate of drug-likeness (QED) is 0.302. The summed E-state index contributed by atoms with van der Waals surface area (Å²) in [6, 6.07) is 16.7. The van der Waals surface area contributed by atoms with Crippen LogP contribution in [0, 0.1) is 6.92 Å². The summed E-state index contributed by atoms with van der Waals surface area (Å²) in [5, 5.41) is 7.46. The summed E-state index contributed by atoms with van der Waals surface area (Å²) in [5.41, 5.74) is 5.17. The van der Waals surface area contributed by atoms with Gasteiger partial charge >= 0.3 is 0 Å². The second-order valence-electron chi connectivity index (χ2n) is 12.0. The third-order valence-electron chi connectivity index (χ3n) is 9.09. The largest absolute Gasteiger partial charge is 0.483 e. The zero-order valence-corrected chi connectivity index (χ0v) is 26.0. The topological polar surface area (TPSA) is 111 Å². The predicted molar refractivity (Wildman–Crippen MR) is 168 cm³/mol. The van der Waals surface area contributed by atoms with Crippen LogP contribution in [-0.2, 0) is 33.1 Å². The van der Waals surface area contributed by atoms with E-state index in [1.165, 1.54) is 11.1 Å². The van der Waals surface area contributed by atoms with E-state index in [-0.39, 0.29) is 24.7 Å². The van der Waals surface area contributed by atoms with E-state index >= 15 is 0 Å². The van der Waals surface area contributed by atoms with Gasteiger partial charge in [-0.1, -0.05) is 23.7 Å². The van der Waals surface area contributed by atoms with Crippen LogP contribution in [0.4, 0.5) is 5.69 Å². The Kier molecular flexibility index (Phi) is 8.03. The molecule has 8 rings (SSSR count). The second-order valence-corrected chi connectivity index (χ2v) is 12.4. The molecule has 4 unspecified atom stereocenters. The van der Waals surface area contributed by atoms with Gasteiger partial charge in [0.2, 0.25) is 0 Å². The van der Waals surface area contributed by atoms with Gasteiger partial charge < -0.3 is 33.5 Å². The molecule has 4 aromatic rings. The number of anilines is 1. The van der Waals surface area contributed by atoms with Crippen LogP contribution in [0.1, 0.15) is 30.4 Å². The molecule has 0 spiro atoms. The van der Waals surface area contributed by atoms with Crippen LogP contribution in [0.15, 0.2) is 54.7 Å². The normalized spacial score (nSPS) is 25.4. The van der Waals surface area contributed by atoms with Crippen LogP contribution in [0.5, 0.6) is 11.5 Å². The number of halogens is 1. The highest BCUT2D eigenvalue weighted by molar-refractivity contribution is 6.30. The number of pyridine rings is 1. The first-order valence-electron chi connectivity index (χ1n) is 15.2. The number of rotatable bonds is 6. The molecule has 0 radical (unpaired) electrons. The smallest absolute Gasteiger partial charge is 0.292 e. The molecule has 6 heterocycles. The molecule has 3 fully saturated rings. The van der Waals surface area contributed by atoms with Gasteiger partial charge in [0.25, 0.3) is 12.3 Å². The Balaban J connectivity index is 0.00000104. The molecule has 2 aromatic carbocycles. The number of aryl methyl sites for hydroxylation is 1. The lowest BCUT2D eigenvalue weighted by molar-refractivity contribution is -0.122. The van der Waals surface area contributed by atoms with E-state index in [1.54, 1.807) is 12.3 Å². The van der Waals surface area contributed by atoms with Crippen molar-refractivity contribution in [2.75, 3.05) is 37.8 Å². The van der Waals surface area contributed by atoms with Gasteiger partial charge in [0.05, 0.1) is 66.2 Å². The Labute approximate surface area is 266 Å². The summed E-state index contributed by atoms with van der Waals surface area (Å²) >= 11 is 6.08. The van der Waals surface area contributed by atoms with Crippen molar-refractivity contribution in [3.8, 4) is 11.5 Å². The van der Waals surface area contributed by atoms with Gasteiger partial charge in [0, 0.05) is 32.8 Å². The lowest BCUT2D eigenvalue weighted by atomic mass is 10.0. The third kappa shape index (κ3) is 5.58. The van der Waals surface area contributed by atoms with Gasteiger partial charge in [-0.05, 0) is 55.3 Å². The maximum Gasteiger partial charge on any atom is 0.292 e. The van der Waals surface area contributed by atoms with Crippen molar-refractivity contribution in [2.24, 2.45) is 0 Å². The molecule has 0 aliphatic carbocycles. The fraction of sp³-hybridized carbons (Fsp3) is 0.424. The number of hydrogen-bond donors (Lipinski definition) is 1. The molecule has 2 aromatic heterocycles. The van der Waals surface area contributed by atoms with Gasteiger partial charge in [-0.2, -0.15) is 0 Å². The average molecular weight is 634 g/mol. The molecule has 0 saturated carbocycles. The van der Waals surface area contributed by atoms with E-state index in [4.69, 9.17) is 45.4 Å². The van der Waals surface area contributed by atoms with Crippen LogP contribution >= 0.6 is 11.6 Å². The van der Waals surface area contributed by atoms with E-state index in [0.717, 1.165) is 62.0 Å². The van der Waals surface area contributed by atoms with Crippen molar-refractivity contribution in [1.29, 1.82) is 0 Å². The van der Waals surface area contributed by atoms with Gasteiger partial charge in [0.15, 0.2) is 11.5 Å². The van der Waals surface area contributed by atoms with Crippen LogP contribution in [0.25, 0.3) is 11.0 Å². The lowest BCUT2D eigenvalue weighted by Crippen LogP contribution is -2.59. The van der Waals surface area contributed by atoms with Crippen LogP contribution in [0.3, 0.4) is 0 Å². The zero-order valence-electron chi connectivity index (χ0n) is 25.3. The molecule has 4 aliphatic rings. The van der Waals surface area contributed by atoms with Crippen LogP contribution in [0.2, 0.25) is 5.02 Å². The first-order valence-corrected chi connectivity index (χ1v) is 15.6. The third-order valence-corrected chi connectivity index (χ3v) is 9.31. The summed E-state index contributed by atoms with van der Waals surface area (Å²) in [6.07, 6.45) is 2.98. The van der Waals surface area contributed by atoms with Crippen molar-refractivity contribution in [1.82, 2.24) is 19.4 Å². The molecular weight excluding hydrogens is 598 g/mol. The Bertz CT molecular complexity index is 1700. The minimum atomic E-state index is -1.03. The molecule has 4 atom stereocenters. The van der Waals surface area contributed by atoms with Gasteiger partial charge in [-0.25, -0.2) is 4.98 Å². The number of carboxylic acid groups (broad SMARTS) is 1. The number of carbonyl (C=O) groups is 1. The maximum absolute atomic E-state index is 8.36. The van der Waals surface area contributed by atoms with Crippen LogP contribution < -0.4 is 14.4 Å². The van der Waals surface area contributed by atoms with Gasteiger partial charge in [-0.3, -0.25) is 14.7 Å². The van der Waals surface area contributed by atoms with Crippen LogP contribution in [-0.4, -0.2) is 82.1 Å². The Morgan fingerprint density at radius 2 is 1.93 bits per heavy atom. The van der Waals surface area contributed by atoms with Crippen molar-refractivity contribution < 1.29 is 28.8 Å². The van der Waals surface area contributed by atoms with Gasteiger partial charge in [0.1, 0.15) is 11.5 Å². The van der Waals surface area contributed by atoms with E-state index < -0.39 is 5.79 Å². The van der Waals surface area contributed by atoms with E-state index in [0.29, 0.717) is 29.7 Å². The molecule has 0 bridgehead atoms. The van der Waals surface area contributed by atoms with E-state index in [1.807, 2.05) is 25.1 Å². The summed E-state index contributed by atoms with van der Waals surface area (Å²) in [4.78, 5) is 22.9. The number of ether oxygens (including phenoxy) is 4. The fourth-order valence-electron chi connectivity index (χ4n) is 6.75. The minimum Gasteiger partial charge on any atom is -0.483 e. The number of hydrogen-bond acceptors (Lipinski definition) is 9. The highest BCUT2D eigenvalue weighted by Gasteiger charge is 2.46. The number of imidazole rings is 1. The highest BCUT2D eigenvalue weighted by atomic mass is 35.5. The molecule has 1 N–H and O–H groups in total. The second kappa shape index (κ2) is 12.1. The molecule has 0 amide bonds. The monoisotopic (exact) mass is 633 g/mol. The lowest BCUT2D eigenvalue weighted by Gasteiger charge is -2.44. The number of nitrogens with zero attached hydrogens (tertiary/aromatic N) is 5. The number of benzene rings is 2. The number of fused-ring (bicyclic) bond motifs is 3. The predicted octanol–water partition coefficient (Wildman–Crippen LogP) is 4.62. The Morgan fingerprint density at radius 1 is 1.11 bits per heavy atom. The Morgan fingerprint density at radius 3 is 2.69 bits per heavy atom. The molecule has 45 heavy (non-hydrogen) atoms. The number of piperazine rings is 1. The summed E-state index contributed by atoms with van der Waals surface area (Å²) in [6.45, 7) is 9.31. The molecule has 12 heteroatoms. The minimum absolute atomic E-state index is 0.185. The standard InChI is InChI=1S/C32H34ClN5O4.CH2O2/c1-20-6-8-23-25(14-20)38(16-22-10-13-40-22)30(35-23)17-36-11-12-37(27-19-39-18-26(27)36)24-4-3-5-28-31(24)42-32(2,41-28)29-9-7-21(33)15-34-29;2-1-3/h3-9,14-15,22,26-27H,10-13,16-19H2,1-2H3;1H,(H,2,3). The van der Waals surface area contributed by atoms with E-state index in [2.05, 4.69) is 50.5 Å². The van der Waals surface area contributed by atoms with Crippen molar-refractivity contribution in [3.05, 3.63) is 76.8 Å². The van der Waals surface area contributed by atoms with Crippen molar-refractivity contribution in [2.45, 2.75) is 57.3 Å². The van der Waals surface area contributed by atoms with Crippen molar-refractivity contribution in [3.63, 3.8) is 0 Å². The SMILES string of the molecule is Cc1ccc2nc(CN3CCN(c4cccc5c4OC(C)(c4ccc(Cl)cn4)O5)C4COCC43)n(CC3CCO3)c2c1.O=CO. The fourth-order valence-corrected chi connectivity index (χ4v) is 6.86. The average Bonchev–Trinajstić information content (AvgIpc) is 3.71. The molecule has 4 aliphatic heterocycles. The first kappa shape index (κ1) is 29.8. The summed E-state index contributed by atoms with van der Waals surface area (Å²) in [7, 11) is 0. The molecule has 236 valence electrons. The molecule has 11 nitrogen and oxygen atoms in total. The summed E-state index contributed by atoms with van der Waals surface area (Å²) in [5.74, 6) is 1.52. The number of para-hydroxylation sites is 1. The molecule has 3 saturated heterocycles. The molecular formula is C33H36ClN5O6. The highest BCUT2D eigenvalue weighted by Crippen LogP contribution is 2.50. The van der Waals surface area contributed by atoms with Crippen molar-refractivity contribution >= 4 is 34.8 Å². The zero-order chi connectivity index (χ0) is 31.1. The summed E-state index contributed by atoms with van der Waals surface area (Å²) < 4.78 is 27.2.